The van der Waals surface area contributed by atoms with Crippen LogP contribution in [-0.2, 0) is 16.1 Å². The second kappa shape index (κ2) is 10.4. The minimum atomic E-state index is -3.19. The van der Waals surface area contributed by atoms with Crippen LogP contribution in [0.4, 0.5) is 19.3 Å². The van der Waals surface area contributed by atoms with E-state index in [1.807, 2.05) is 0 Å². The van der Waals surface area contributed by atoms with Gasteiger partial charge in [0, 0.05) is 28.8 Å². The van der Waals surface area contributed by atoms with Gasteiger partial charge in [-0.3, -0.25) is 5.32 Å². The molecular formula is C22H19F2NO8. The van der Waals surface area contributed by atoms with Gasteiger partial charge in [0.2, 0.25) is 0 Å². The summed E-state index contributed by atoms with van der Waals surface area (Å²) >= 11 is 0. The summed E-state index contributed by atoms with van der Waals surface area (Å²) in [5, 5.41) is 2.92. The highest BCUT2D eigenvalue weighted by Crippen LogP contribution is 2.33. The zero-order valence-corrected chi connectivity index (χ0v) is 17.6. The summed E-state index contributed by atoms with van der Waals surface area (Å²) in [5.74, 6) is -1.50. The van der Waals surface area contributed by atoms with E-state index in [0.717, 1.165) is 6.07 Å². The first kappa shape index (κ1) is 23.5. The first-order valence-corrected chi connectivity index (χ1v) is 9.61. The number of methoxy groups -OCH3 is 1. The summed E-state index contributed by atoms with van der Waals surface area (Å²) in [4.78, 5) is 36.1. The van der Waals surface area contributed by atoms with Gasteiger partial charge in [-0.1, -0.05) is 6.07 Å². The molecule has 0 radical (unpaired) electrons. The molecule has 1 N–H and O–H groups in total. The van der Waals surface area contributed by atoms with E-state index in [0.29, 0.717) is 16.6 Å². The maximum Gasteiger partial charge on any atom is 0.411 e. The smallest absolute Gasteiger partial charge is 0.411 e. The molecule has 174 valence electrons. The van der Waals surface area contributed by atoms with Gasteiger partial charge in [-0.2, -0.15) is 8.78 Å². The molecule has 11 heteroatoms. The van der Waals surface area contributed by atoms with Crippen LogP contribution in [-0.4, -0.2) is 32.4 Å². The number of amides is 1. The molecule has 2 aromatic carbocycles. The molecule has 33 heavy (non-hydrogen) atoms. The standard InChI is InChI=1S/C22H19F2NO8/c1-3-30-22(28)25-13-7-8-14-12(9-18(26)32-17(14)10-13)11-31-20(27)15-5-4-6-16(29-2)19(15)33-21(23)24/h4-10,21H,3,11H2,1-2H3,(H,25,28). The first-order chi connectivity index (χ1) is 15.8. The van der Waals surface area contributed by atoms with Gasteiger partial charge in [-0.15, -0.1) is 0 Å². The molecule has 0 aliphatic rings. The maximum absolute atomic E-state index is 12.8. The number of fused-ring (bicyclic) bond motifs is 1. The number of carbonyl (C=O) groups is 2. The molecule has 0 aliphatic heterocycles. The van der Waals surface area contributed by atoms with Gasteiger partial charge in [0.1, 0.15) is 17.8 Å². The number of para-hydroxylation sites is 1. The molecule has 0 unspecified atom stereocenters. The van der Waals surface area contributed by atoms with E-state index >= 15 is 0 Å². The average molecular weight is 463 g/mol. The van der Waals surface area contributed by atoms with Crippen molar-refractivity contribution in [2.75, 3.05) is 19.0 Å². The van der Waals surface area contributed by atoms with E-state index in [1.165, 1.54) is 31.4 Å². The Hall–Kier alpha value is -4.15. The second-order valence-electron chi connectivity index (χ2n) is 6.44. The Balaban J connectivity index is 1.85. The van der Waals surface area contributed by atoms with E-state index in [1.54, 1.807) is 19.1 Å². The lowest BCUT2D eigenvalue weighted by Gasteiger charge is -2.14. The van der Waals surface area contributed by atoms with Crippen LogP contribution >= 0.6 is 0 Å². The zero-order valence-electron chi connectivity index (χ0n) is 17.6. The Bertz CT molecular complexity index is 1220. The highest BCUT2D eigenvalue weighted by Gasteiger charge is 2.22. The third-order valence-electron chi connectivity index (χ3n) is 4.34. The summed E-state index contributed by atoms with van der Waals surface area (Å²) < 4.78 is 50.2. The average Bonchev–Trinajstić information content (AvgIpc) is 2.76. The molecule has 0 atom stereocenters. The van der Waals surface area contributed by atoms with Crippen molar-refractivity contribution in [3.05, 3.63) is 64.0 Å². The summed E-state index contributed by atoms with van der Waals surface area (Å²) in [6, 6.07) is 9.66. The van der Waals surface area contributed by atoms with E-state index in [2.05, 4.69) is 10.1 Å². The number of esters is 1. The van der Waals surface area contributed by atoms with Gasteiger partial charge in [-0.25, -0.2) is 14.4 Å². The van der Waals surface area contributed by atoms with Crippen LogP contribution in [0.3, 0.4) is 0 Å². The highest BCUT2D eigenvalue weighted by molar-refractivity contribution is 5.94. The summed E-state index contributed by atoms with van der Waals surface area (Å²) in [6.07, 6.45) is -0.676. The molecule has 1 aromatic heterocycles. The molecule has 1 heterocycles. The lowest BCUT2D eigenvalue weighted by atomic mass is 10.1. The SMILES string of the molecule is CCOC(=O)Nc1ccc2c(COC(=O)c3cccc(OC)c3OC(F)F)cc(=O)oc2c1. The number of benzene rings is 2. The van der Waals surface area contributed by atoms with Crippen molar-refractivity contribution in [3.8, 4) is 11.5 Å². The Labute approximate surface area is 185 Å². The molecule has 9 nitrogen and oxygen atoms in total. The van der Waals surface area contributed by atoms with Gasteiger partial charge < -0.3 is 23.4 Å². The number of anilines is 1. The van der Waals surface area contributed by atoms with Crippen LogP contribution in [0.25, 0.3) is 11.0 Å². The Kier molecular flexibility index (Phi) is 7.44. The fourth-order valence-electron chi connectivity index (χ4n) is 2.98. The summed E-state index contributed by atoms with van der Waals surface area (Å²) in [5.41, 5.74) is -0.237. The monoisotopic (exact) mass is 463 g/mol. The molecular weight excluding hydrogens is 444 g/mol. The fourth-order valence-corrected chi connectivity index (χ4v) is 2.98. The van der Waals surface area contributed by atoms with E-state index in [4.69, 9.17) is 18.6 Å². The topological polar surface area (TPSA) is 113 Å². The van der Waals surface area contributed by atoms with Gasteiger partial charge in [0.15, 0.2) is 11.5 Å². The van der Waals surface area contributed by atoms with Crippen LogP contribution in [0.1, 0.15) is 22.8 Å². The molecule has 0 saturated carbocycles. The van der Waals surface area contributed by atoms with Crippen LogP contribution in [0, 0.1) is 0 Å². The van der Waals surface area contributed by atoms with Gasteiger partial charge in [0.25, 0.3) is 0 Å². The Morgan fingerprint density at radius 2 is 1.91 bits per heavy atom. The third-order valence-corrected chi connectivity index (χ3v) is 4.34. The minimum absolute atomic E-state index is 0.0721. The van der Waals surface area contributed by atoms with Crippen LogP contribution in [0.2, 0.25) is 0 Å². The lowest BCUT2D eigenvalue weighted by molar-refractivity contribution is -0.0518. The molecule has 0 saturated heterocycles. The van der Waals surface area contributed by atoms with Gasteiger partial charge >= 0.3 is 24.3 Å². The maximum atomic E-state index is 12.8. The number of hydrogen-bond acceptors (Lipinski definition) is 8. The predicted octanol–water partition coefficient (Wildman–Crippen LogP) is 4.33. The van der Waals surface area contributed by atoms with E-state index < -0.39 is 30.0 Å². The van der Waals surface area contributed by atoms with Crippen molar-refractivity contribution in [1.82, 2.24) is 0 Å². The minimum Gasteiger partial charge on any atom is -0.493 e. The van der Waals surface area contributed by atoms with Crippen molar-refractivity contribution >= 4 is 28.7 Å². The van der Waals surface area contributed by atoms with Crippen LogP contribution in [0.5, 0.6) is 11.5 Å². The number of nitrogens with one attached hydrogen (secondary N) is 1. The van der Waals surface area contributed by atoms with Crippen LogP contribution in [0.15, 0.2) is 51.7 Å². The number of ether oxygens (including phenoxy) is 4. The van der Waals surface area contributed by atoms with Crippen molar-refractivity contribution in [2.45, 2.75) is 20.1 Å². The van der Waals surface area contributed by atoms with E-state index in [9.17, 15) is 23.2 Å². The number of hydrogen-bond donors (Lipinski definition) is 1. The predicted molar refractivity (Wildman–Crippen MR) is 112 cm³/mol. The molecule has 0 fully saturated rings. The number of carbonyl (C=O) groups excluding carboxylic acids is 2. The van der Waals surface area contributed by atoms with Gasteiger partial charge in [-0.05, 0) is 31.2 Å². The Morgan fingerprint density at radius 3 is 2.61 bits per heavy atom. The largest absolute Gasteiger partial charge is 0.493 e. The molecule has 0 bridgehead atoms. The van der Waals surface area contributed by atoms with Crippen LogP contribution < -0.4 is 20.4 Å². The summed E-state index contributed by atoms with van der Waals surface area (Å²) in [7, 11) is 1.24. The molecule has 3 aromatic rings. The first-order valence-electron chi connectivity index (χ1n) is 9.61. The molecule has 1 amide bonds. The third kappa shape index (κ3) is 5.76. The molecule has 0 aliphatic carbocycles. The quantitative estimate of drug-likeness (QED) is 0.388. The van der Waals surface area contributed by atoms with Crippen molar-refractivity contribution in [2.24, 2.45) is 0 Å². The highest BCUT2D eigenvalue weighted by atomic mass is 19.3. The number of alkyl halides is 2. The van der Waals surface area contributed by atoms with Crippen molar-refractivity contribution in [3.63, 3.8) is 0 Å². The lowest BCUT2D eigenvalue weighted by Crippen LogP contribution is -2.13. The van der Waals surface area contributed by atoms with Gasteiger partial charge in [0.05, 0.1) is 13.7 Å². The second-order valence-corrected chi connectivity index (χ2v) is 6.44. The number of halogens is 2. The van der Waals surface area contributed by atoms with Crippen molar-refractivity contribution < 1.29 is 41.7 Å². The molecule has 0 spiro atoms. The fraction of sp³-hybridized carbons (Fsp3) is 0.227. The van der Waals surface area contributed by atoms with Crippen molar-refractivity contribution in [1.29, 1.82) is 0 Å². The normalized spacial score (nSPS) is 10.7. The Morgan fingerprint density at radius 1 is 1.12 bits per heavy atom. The molecule has 3 rings (SSSR count). The zero-order chi connectivity index (χ0) is 24.0. The summed E-state index contributed by atoms with van der Waals surface area (Å²) in [6.45, 7) is -1.72. The number of rotatable bonds is 8. The van der Waals surface area contributed by atoms with E-state index in [-0.39, 0.29) is 30.1 Å².